The molecule has 1 heterocycles. The molecular formula is C11H15N5OS. The minimum Gasteiger partial charge on any atom is -0.369 e. The van der Waals surface area contributed by atoms with Crippen LogP contribution in [-0.4, -0.2) is 24.0 Å². The number of rotatable bonds is 2. The topological polar surface area (TPSA) is 91.5 Å². The van der Waals surface area contributed by atoms with Crippen molar-refractivity contribution in [3.8, 4) is 0 Å². The summed E-state index contributed by atoms with van der Waals surface area (Å²) in [5.41, 5.74) is 6.47. The molecule has 0 bridgehead atoms. The van der Waals surface area contributed by atoms with Crippen molar-refractivity contribution in [2.75, 3.05) is 11.9 Å². The molecule has 0 fully saturated rings. The molecule has 0 aromatic heterocycles. The fraction of sp³-hybridized carbons (Fsp3) is 0.273. The summed E-state index contributed by atoms with van der Waals surface area (Å²) in [6.45, 7) is 2.37. The molecule has 18 heavy (non-hydrogen) atoms. The highest BCUT2D eigenvalue weighted by Crippen LogP contribution is 2.38. The number of hydrogen-bond acceptors (Lipinski definition) is 4. The van der Waals surface area contributed by atoms with Gasteiger partial charge in [0.15, 0.2) is 11.5 Å². The number of amides is 2. The summed E-state index contributed by atoms with van der Waals surface area (Å²) in [6, 6.07) is 7.56. The van der Waals surface area contributed by atoms with Gasteiger partial charge < -0.3 is 16.4 Å². The number of nitrogens with zero attached hydrogens (tertiary/aromatic N) is 1. The SMILES string of the molecule is CCNC(=O)N/C(N)=N/C1Nc2ccccc2S1. The van der Waals surface area contributed by atoms with E-state index < -0.39 is 0 Å². The number of carbonyl (C=O) groups is 1. The summed E-state index contributed by atoms with van der Waals surface area (Å²) in [5.74, 6) is 0.0961. The number of thioether (sulfide) groups is 1. The first-order valence-corrected chi connectivity index (χ1v) is 6.47. The van der Waals surface area contributed by atoms with Gasteiger partial charge in [-0.1, -0.05) is 23.9 Å². The zero-order chi connectivity index (χ0) is 13.0. The second kappa shape index (κ2) is 5.63. The maximum Gasteiger partial charge on any atom is 0.321 e. The second-order valence-electron chi connectivity index (χ2n) is 3.61. The summed E-state index contributed by atoms with van der Waals surface area (Å²) >= 11 is 1.55. The van der Waals surface area contributed by atoms with Crippen molar-refractivity contribution >= 4 is 29.4 Å². The van der Waals surface area contributed by atoms with Crippen LogP contribution in [0.3, 0.4) is 0 Å². The van der Waals surface area contributed by atoms with Crippen LogP contribution in [0.25, 0.3) is 0 Å². The van der Waals surface area contributed by atoms with Crippen LogP contribution in [0.4, 0.5) is 10.5 Å². The van der Waals surface area contributed by atoms with Gasteiger partial charge in [0.1, 0.15) is 0 Å². The number of para-hydroxylation sites is 1. The summed E-state index contributed by atoms with van der Waals surface area (Å²) in [4.78, 5) is 16.5. The third-order valence-corrected chi connectivity index (χ3v) is 3.30. The molecule has 0 saturated carbocycles. The first-order valence-electron chi connectivity index (χ1n) is 5.59. The second-order valence-corrected chi connectivity index (χ2v) is 4.73. The minimum atomic E-state index is -0.348. The van der Waals surface area contributed by atoms with Crippen molar-refractivity contribution in [2.45, 2.75) is 17.3 Å². The first kappa shape index (κ1) is 12.6. The molecule has 96 valence electrons. The Morgan fingerprint density at radius 3 is 3.06 bits per heavy atom. The molecule has 1 aliphatic rings. The lowest BCUT2D eigenvalue weighted by atomic mass is 10.3. The zero-order valence-electron chi connectivity index (χ0n) is 9.93. The number of nitrogens with two attached hydrogens (primary N) is 1. The molecule has 2 rings (SSSR count). The van der Waals surface area contributed by atoms with Crippen molar-refractivity contribution in [3.63, 3.8) is 0 Å². The van der Waals surface area contributed by atoms with Crippen LogP contribution in [0.2, 0.25) is 0 Å². The van der Waals surface area contributed by atoms with Crippen LogP contribution in [-0.2, 0) is 0 Å². The van der Waals surface area contributed by atoms with Crippen LogP contribution >= 0.6 is 11.8 Å². The van der Waals surface area contributed by atoms with Crippen LogP contribution in [0.5, 0.6) is 0 Å². The summed E-state index contributed by atoms with van der Waals surface area (Å²) < 4.78 is 0. The van der Waals surface area contributed by atoms with E-state index in [9.17, 15) is 4.79 Å². The van der Waals surface area contributed by atoms with Gasteiger partial charge in [-0.25, -0.2) is 9.79 Å². The van der Waals surface area contributed by atoms with Gasteiger partial charge in [-0.05, 0) is 19.1 Å². The van der Waals surface area contributed by atoms with Crippen molar-refractivity contribution in [3.05, 3.63) is 24.3 Å². The number of nitrogens with one attached hydrogen (secondary N) is 3. The van der Waals surface area contributed by atoms with Gasteiger partial charge in [0.25, 0.3) is 0 Å². The number of anilines is 1. The van der Waals surface area contributed by atoms with Crippen LogP contribution in [0, 0.1) is 0 Å². The van der Waals surface area contributed by atoms with Gasteiger partial charge in [-0.15, -0.1) is 0 Å². The van der Waals surface area contributed by atoms with Gasteiger partial charge >= 0.3 is 6.03 Å². The molecule has 5 N–H and O–H groups in total. The Balaban J connectivity index is 1.93. The number of fused-ring (bicyclic) bond motifs is 1. The van der Waals surface area contributed by atoms with E-state index in [1.807, 2.05) is 31.2 Å². The maximum absolute atomic E-state index is 11.2. The van der Waals surface area contributed by atoms with E-state index in [-0.39, 0.29) is 17.5 Å². The van der Waals surface area contributed by atoms with Gasteiger partial charge in [0.05, 0.1) is 5.69 Å². The number of benzene rings is 1. The minimum absolute atomic E-state index is 0.0961. The molecule has 1 atom stereocenters. The summed E-state index contributed by atoms with van der Waals surface area (Å²) in [7, 11) is 0. The van der Waals surface area contributed by atoms with Gasteiger partial charge in [0.2, 0.25) is 0 Å². The lowest BCUT2D eigenvalue weighted by molar-refractivity contribution is 0.245. The van der Waals surface area contributed by atoms with E-state index in [0.717, 1.165) is 10.6 Å². The lowest BCUT2D eigenvalue weighted by Gasteiger charge is -2.08. The standard InChI is InChI=1S/C11H15N5OS/c1-2-13-10(17)15-9(12)16-11-14-7-5-3-4-6-8(7)18-11/h3-6,11,14H,2H2,1H3,(H4,12,13,15,16,17). The fourth-order valence-corrected chi connectivity index (χ4v) is 2.51. The van der Waals surface area contributed by atoms with Crippen molar-refractivity contribution in [2.24, 2.45) is 10.7 Å². The van der Waals surface area contributed by atoms with Crippen LogP contribution < -0.4 is 21.7 Å². The molecule has 7 heteroatoms. The molecule has 0 saturated heterocycles. The zero-order valence-corrected chi connectivity index (χ0v) is 10.8. The number of urea groups is 1. The Morgan fingerprint density at radius 1 is 1.56 bits per heavy atom. The van der Waals surface area contributed by atoms with E-state index in [1.165, 1.54) is 0 Å². The smallest absolute Gasteiger partial charge is 0.321 e. The average molecular weight is 265 g/mol. The lowest BCUT2D eigenvalue weighted by Crippen LogP contribution is -2.43. The molecule has 1 aromatic carbocycles. The molecule has 0 spiro atoms. The molecule has 6 nitrogen and oxygen atoms in total. The summed E-state index contributed by atoms with van der Waals surface area (Å²) in [5, 5.41) is 8.23. The number of guanidine groups is 1. The van der Waals surface area contributed by atoms with Crippen molar-refractivity contribution < 1.29 is 4.79 Å². The molecule has 0 radical (unpaired) electrons. The number of hydrogen-bond donors (Lipinski definition) is 4. The van der Waals surface area contributed by atoms with Crippen LogP contribution in [0.1, 0.15) is 6.92 Å². The average Bonchev–Trinajstić information content (AvgIpc) is 2.70. The highest BCUT2D eigenvalue weighted by molar-refractivity contribution is 8.00. The monoisotopic (exact) mass is 265 g/mol. The maximum atomic E-state index is 11.2. The van der Waals surface area contributed by atoms with Gasteiger partial charge in [0, 0.05) is 11.4 Å². The summed E-state index contributed by atoms with van der Waals surface area (Å²) in [6.07, 6.45) is 0. The highest BCUT2D eigenvalue weighted by Gasteiger charge is 2.20. The predicted octanol–water partition coefficient (Wildman–Crippen LogP) is 1.12. The first-order chi connectivity index (χ1) is 8.69. The quantitative estimate of drug-likeness (QED) is 0.476. The Labute approximate surface area is 109 Å². The van der Waals surface area contributed by atoms with E-state index in [1.54, 1.807) is 11.8 Å². The largest absolute Gasteiger partial charge is 0.369 e. The fourth-order valence-electron chi connectivity index (χ4n) is 1.51. The highest BCUT2D eigenvalue weighted by atomic mass is 32.2. The van der Waals surface area contributed by atoms with Crippen molar-refractivity contribution in [1.29, 1.82) is 0 Å². The van der Waals surface area contributed by atoms with Crippen LogP contribution in [0.15, 0.2) is 34.2 Å². The number of aliphatic imine (C=N–C) groups is 1. The third kappa shape index (κ3) is 3.07. The van der Waals surface area contributed by atoms with Gasteiger partial charge in [-0.2, -0.15) is 0 Å². The number of carbonyl (C=O) groups excluding carboxylic acids is 1. The Kier molecular flexibility index (Phi) is 3.93. The third-order valence-electron chi connectivity index (χ3n) is 2.24. The van der Waals surface area contributed by atoms with Gasteiger partial charge in [-0.3, -0.25) is 5.32 Å². The molecule has 2 amide bonds. The van der Waals surface area contributed by atoms with E-state index >= 15 is 0 Å². The van der Waals surface area contributed by atoms with E-state index in [4.69, 9.17) is 5.73 Å². The van der Waals surface area contributed by atoms with E-state index in [2.05, 4.69) is 20.9 Å². The molecule has 1 unspecified atom stereocenters. The molecule has 0 aliphatic carbocycles. The Bertz CT molecular complexity index is 451. The Morgan fingerprint density at radius 2 is 2.33 bits per heavy atom. The van der Waals surface area contributed by atoms with E-state index in [0.29, 0.717) is 6.54 Å². The molecule has 1 aliphatic heterocycles. The molecular weight excluding hydrogens is 250 g/mol. The predicted molar refractivity (Wildman–Crippen MR) is 73.5 cm³/mol. The molecule has 1 aromatic rings. The van der Waals surface area contributed by atoms with Crippen molar-refractivity contribution in [1.82, 2.24) is 10.6 Å². The normalized spacial score (nSPS) is 17.8. The Hall–Kier alpha value is -1.89.